The predicted octanol–water partition coefficient (Wildman–Crippen LogP) is 7.34. The van der Waals surface area contributed by atoms with Gasteiger partial charge in [0.25, 0.3) is 0 Å². The first-order valence-corrected chi connectivity index (χ1v) is 14.0. The molecule has 2 aromatic carbocycles. The van der Waals surface area contributed by atoms with E-state index in [0.29, 0.717) is 11.4 Å². The number of sulfonamides is 1. The Balaban J connectivity index is 1.92. The molecule has 166 valence electrons. The minimum atomic E-state index is -3.49. The first-order chi connectivity index (χ1) is 14.4. The van der Waals surface area contributed by atoms with Crippen molar-refractivity contribution in [3.05, 3.63) is 58.6 Å². The number of hydrogen-bond acceptors (Lipinski definition) is 3. The molecular formula is C24H34BrNO2S2. The van der Waals surface area contributed by atoms with Crippen LogP contribution in [0, 0.1) is 6.92 Å². The van der Waals surface area contributed by atoms with Crippen molar-refractivity contribution in [2.24, 2.45) is 0 Å². The van der Waals surface area contributed by atoms with Gasteiger partial charge in [-0.15, -0.1) is 11.8 Å². The smallest absolute Gasteiger partial charge is 0.210 e. The summed E-state index contributed by atoms with van der Waals surface area (Å²) in [5, 5.41) is 0.210. The quantitative estimate of drug-likeness (QED) is 0.213. The number of halogens is 1. The molecule has 0 heterocycles. The van der Waals surface area contributed by atoms with Crippen molar-refractivity contribution in [1.29, 1.82) is 0 Å². The Labute approximate surface area is 195 Å². The topological polar surface area (TPSA) is 46.2 Å². The van der Waals surface area contributed by atoms with Crippen molar-refractivity contribution >= 4 is 37.7 Å². The van der Waals surface area contributed by atoms with Gasteiger partial charge in [0.1, 0.15) is 0 Å². The van der Waals surface area contributed by atoms with Gasteiger partial charge >= 0.3 is 0 Å². The highest BCUT2D eigenvalue weighted by molar-refractivity contribution is 9.10. The van der Waals surface area contributed by atoms with Gasteiger partial charge in [0.05, 0.1) is 4.90 Å². The summed E-state index contributed by atoms with van der Waals surface area (Å²) < 4.78 is 29.3. The van der Waals surface area contributed by atoms with E-state index in [1.54, 1.807) is 23.9 Å². The lowest BCUT2D eigenvalue weighted by Crippen LogP contribution is -2.30. The van der Waals surface area contributed by atoms with Crippen molar-refractivity contribution < 1.29 is 8.42 Å². The number of rotatable bonds is 14. The first-order valence-electron chi connectivity index (χ1n) is 10.9. The highest BCUT2D eigenvalue weighted by atomic mass is 79.9. The fourth-order valence-electron chi connectivity index (χ4n) is 3.24. The van der Waals surface area contributed by atoms with Gasteiger partial charge in [-0.2, -0.15) is 0 Å². The van der Waals surface area contributed by atoms with E-state index in [1.165, 1.54) is 43.4 Å². The highest BCUT2D eigenvalue weighted by Gasteiger charge is 2.18. The molecule has 0 aliphatic carbocycles. The summed E-state index contributed by atoms with van der Waals surface area (Å²) in [4.78, 5) is 1.50. The third kappa shape index (κ3) is 9.54. The van der Waals surface area contributed by atoms with Crippen molar-refractivity contribution in [1.82, 2.24) is 4.72 Å². The summed E-state index contributed by atoms with van der Waals surface area (Å²) in [5.41, 5.74) is 1.05. The van der Waals surface area contributed by atoms with Gasteiger partial charge in [0, 0.05) is 21.2 Å². The van der Waals surface area contributed by atoms with Crippen LogP contribution < -0.4 is 4.72 Å². The van der Waals surface area contributed by atoms with Crippen molar-refractivity contribution in [2.75, 3.05) is 6.54 Å². The summed E-state index contributed by atoms with van der Waals surface area (Å²) in [6.45, 7) is 4.63. The Morgan fingerprint density at radius 1 is 0.900 bits per heavy atom. The Morgan fingerprint density at radius 3 is 2.13 bits per heavy atom. The molecule has 3 nitrogen and oxygen atoms in total. The summed E-state index contributed by atoms with van der Waals surface area (Å²) in [6, 6.07) is 15.2. The second-order valence-electron chi connectivity index (χ2n) is 7.77. The van der Waals surface area contributed by atoms with Crippen LogP contribution in [0.15, 0.2) is 62.8 Å². The van der Waals surface area contributed by atoms with Crippen molar-refractivity contribution in [2.45, 2.75) is 80.3 Å². The summed E-state index contributed by atoms with van der Waals surface area (Å²) in [7, 11) is -3.49. The maximum absolute atomic E-state index is 12.7. The monoisotopic (exact) mass is 511 g/mol. The molecule has 1 unspecified atom stereocenters. The number of hydrogen-bond donors (Lipinski definition) is 1. The lowest BCUT2D eigenvalue weighted by atomic mass is 10.1. The fourth-order valence-corrected chi connectivity index (χ4v) is 5.82. The molecule has 0 spiro atoms. The van der Waals surface area contributed by atoms with Gasteiger partial charge < -0.3 is 0 Å². The fraction of sp³-hybridized carbons (Fsp3) is 0.500. The van der Waals surface area contributed by atoms with E-state index in [4.69, 9.17) is 0 Å². The van der Waals surface area contributed by atoms with Gasteiger partial charge in [0.2, 0.25) is 10.0 Å². The molecule has 1 N–H and O–H groups in total. The normalized spacial score (nSPS) is 12.8. The largest absolute Gasteiger partial charge is 0.240 e. The van der Waals surface area contributed by atoms with E-state index in [2.05, 4.69) is 39.7 Å². The van der Waals surface area contributed by atoms with Crippen LogP contribution in [0.2, 0.25) is 0 Å². The number of benzene rings is 2. The van der Waals surface area contributed by atoms with E-state index >= 15 is 0 Å². The summed E-state index contributed by atoms with van der Waals surface area (Å²) in [6.07, 6.45) is 9.84. The van der Waals surface area contributed by atoms with E-state index in [0.717, 1.165) is 22.9 Å². The third-order valence-corrected chi connectivity index (χ3v) is 8.33. The Bertz CT molecular complexity index is 837. The maximum atomic E-state index is 12.7. The lowest BCUT2D eigenvalue weighted by molar-refractivity contribution is 0.558. The van der Waals surface area contributed by atoms with Crippen LogP contribution >= 0.6 is 27.7 Å². The Kier molecular flexibility index (Phi) is 11.5. The van der Waals surface area contributed by atoms with E-state index in [1.807, 2.05) is 31.2 Å². The molecule has 0 saturated carbocycles. The Hall–Kier alpha value is -0.820. The number of unbranched alkanes of at least 4 members (excludes halogenated alkanes) is 6. The summed E-state index contributed by atoms with van der Waals surface area (Å²) >= 11 is 5.24. The third-order valence-electron chi connectivity index (χ3n) is 5.08. The minimum absolute atomic E-state index is 0.210. The standard InChI is InChI=1S/C24H34BrNO2S2/c1-3-4-5-6-7-8-9-10-23(29-22-15-13-21(25)14-16-22)19-26-30(27,28)24-17-11-20(2)12-18-24/h11-18,23,26H,3-10,19H2,1-2H3. The van der Waals surface area contributed by atoms with Gasteiger partial charge in [-0.25, -0.2) is 13.1 Å². The van der Waals surface area contributed by atoms with Crippen molar-refractivity contribution in [3.8, 4) is 0 Å². The molecule has 0 aliphatic rings. The van der Waals surface area contributed by atoms with E-state index in [-0.39, 0.29) is 5.25 Å². The molecule has 6 heteroatoms. The van der Waals surface area contributed by atoms with Crippen LogP contribution in [0.3, 0.4) is 0 Å². The first kappa shape index (κ1) is 25.4. The molecule has 1 atom stereocenters. The molecular weight excluding hydrogens is 478 g/mol. The van der Waals surface area contributed by atoms with Crippen LogP contribution in [0.4, 0.5) is 0 Å². The van der Waals surface area contributed by atoms with Crippen LogP contribution in [-0.2, 0) is 10.0 Å². The molecule has 0 amide bonds. The highest BCUT2D eigenvalue weighted by Crippen LogP contribution is 2.28. The van der Waals surface area contributed by atoms with Gasteiger partial charge in [-0.1, -0.05) is 85.5 Å². The maximum Gasteiger partial charge on any atom is 0.240 e. The zero-order chi connectivity index (χ0) is 21.8. The molecule has 0 radical (unpaired) electrons. The van der Waals surface area contributed by atoms with Gasteiger partial charge in [-0.3, -0.25) is 0 Å². The van der Waals surface area contributed by atoms with Crippen molar-refractivity contribution in [3.63, 3.8) is 0 Å². The number of aryl methyl sites for hydroxylation is 1. The number of thioether (sulfide) groups is 1. The second kappa shape index (κ2) is 13.6. The van der Waals surface area contributed by atoms with Crippen LogP contribution in [0.25, 0.3) is 0 Å². The molecule has 30 heavy (non-hydrogen) atoms. The van der Waals surface area contributed by atoms with Gasteiger partial charge in [-0.05, 0) is 49.7 Å². The van der Waals surface area contributed by atoms with Crippen LogP contribution in [-0.4, -0.2) is 20.2 Å². The molecule has 0 fully saturated rings. The average Bonchev–Trinajstić information content (AvgIpc) is 2.73. The van der Waals surface area contributed by atoms with Gasteiger partial charge in [0.15, 0.2) is 0 Å². The SMILES string of the molecule is CCCCCCCCCC(CNS(=O)(=O)c1ccc(C)cc1)Sc1ccc(Br)cc1. The van der Waals surface area contributed by atoms with Crippen LogP contribution in [0.1, 0.15) is 63.9 Å². The van der Waals surface area contributed by atoms with E-state index in [9.17, 15) is 8.42 Å². The molecule has 2 rings (SSSR count). The lowest BCUT2D eigenvalue weighted by Gasteiger charge is -2.18. The number of nitrogens with one attached hydrogen (secondary N) is 1. The minimum Gasteiger partial charge on any atom is -0.210 e. The molecule has 0 saturated heterocycles. The Morgan fingerprint density at radius 2 is 1.50 bits per heavy atom. The summed E-state index contributed by atoms with van der Waals surface area (Å²) in [5.74, 6) is 0. The second-order valence-corrected chi connectivity index (χ2v) is 11.8. The molecule has 0 aromatic heterocycles. The zero-order valence-electron chi connectivity index (χ0n) is 18.1. The molecule has 0 aliphatic heterocycles. The average molecular weight is 513 g/mol. The van der Waals surface area contributed by atoms with E-state index < -0.39 is 10.0 Å². The molecule has 0 bridgehead atoms. The predicted molar refractivity (Wildman–Crippen MR) is 133 cm³/mol. The zero-order valence-corrected chi connectivity index (χ0v) is 21.3. The van der Waals surface area contributed by atoms with Crippen LogP contribution in [0.5, 0.6) is 0 Å². The molecule has 2 aromatic rings.